The second-order valence-electron chi connectivity index (χ2n) is 9.07. The van der Waals surface area contributed by atoms with Crippen LogP contribution < -0.4 is 0 Å². The average Bonchev–Trinajstić information content (AvgIpc) is 2.47. The van der Waals surface area contributed by atoms with Gasteiger partial charge < -0.3 is 21.8 Å². The Morgan fingerprint density at radius 1 is 0.885 bits per heavy atom. The summed E-state index contributed by atoms with van der Waals surface area (Å²) in [6.45, 7) is 20.9. The fraction of sp³-hybridized carbons (Fsp3) is 0.682. The van der Waals surface area contributed by atoms with Crippen LogP contribution in [-0.2, 0) is 36.9 Å². The Balaban J connectivity index is 0. The second kappa shape index (κ2) is 11.4. The first-order chi connectivity index (χ1) is 11.3. The predicted octanol–water partition coefficient (Wildman–Crippen LogP) is 4.82. The number of benzene rings is 1. The topological polar surface area (TPSA) is 26.7 Å². The van der Waals surface area contributed by atoms with Crippen molar-refractivity contribution in [1.29, 1.82) is 0 Å². The molecule has 0 aromatic heterocycles. The van der Waals surface area contributed by atoms with E-state index in [1.54, 1.807) is 6.92 Å². The third-order valence-corrected chi connectivity index (χ3v) is 4.23. The van der Waals surface area contributed by atoms with E-state index < -0.39 is 0 Å². The van der Waals surface area contributed by atoms with Crippen LogP contribution in [0, 0.1) is 6.92 Å². The molecule has 26 heavy (non-hydrogen) atoms. The molecule has 0 fully saturated rings. The minimum absolute atomic E-state index is 0. The van der Waals surface area contributed by atoms with Gasteiger partial charge in [-0.2, -0.15) is 6.92 Å². The quantitative estimate of drug-likeness (QED) is 0.552. The molecule has 0 saturated carbocycles. The molecule has 0 unspecified atom stereocenters. The average molecular weight is 415 g/mol. The van der Waals surface area contributed by atoms with Crippen LogP contribution in [0.1, 0.15) is 65.2 Å². The van der Waals surface area contributed by atoms with Gasteiger partial charge in [-0.3, -0.25) is 0 Å². The van der Waals surface area contributed by atoms with Crippen molar-refractivity contribution < 1.29 is 24.6 Å². The molecule has 3 nitrogen and oxygen atoms in total. The van der Waals surface area contributed by atoms with E-state index >= 15 is 0 Å². The number of aromatic hydroxyl groups is 1. The fourth-order valence-corrected chi connectivity index (χ4v) is 2.56. The number of phenolic OH excluding ortho intramolecular Hbond substituents is 1. The molecule has 0 aliphatic carbocycles. The third kappa shape index (κ3) is 8.97. The Bertz CT molecular complexity index is 528. The number of likely N-dealkylation sites (N-methyl/N-ethyl adjacent to an activating group) is 2. The second-order valence-corrected chi connectivity index (χ2v) is 9.07. The minimum Gasteiger partial charge on any atom is -0.507 e. The van der Waals surface area contributed by atoms with Crippen LogP contribution in [0.4, 0.5) is 0 Å². The number of phenols is 1. The first-order valence-electron chi connectivity index (χ1n) is 9.23. The first-order valence-corrected chi connectivity index (χ1v) is 9.23. The summed E-state index contributed by atoms with van der Waals surface area (Å²) in [5.74, 6) is 0.460. The van der Waals surface area contributed by atoms with Crippen molar-refractivity contribution in [3.05, 3.63) is 35.7 Å². The maximum absolute atomic E-state index is 10.8. The zero-order chi connectivity index (χ0) is 20.0. The fourth-order valence-electron chi connectivity index (χ4n) is 2.56. The monoisotopic (exact) mass is 413 g/mol. The normalized spacial score (nSPS) is 11.9. The summed E-state index contributed by atoms with van der Waals surface area (Å²) < 4.78 is 0. The molecule has 0 aliphatic heterocycles. The number of hydrogen-bond donors (Lipinski definition) is 1. The zero-order valence-corrected chi connectivity index (χ0v) is 22.0. The summed E-state index contributed by atoms with van der Waals surface area (Å²) in [7, 11) is 6.29. The molecule has 1 rings (SSSR count). The van der Waals surface area contributed by atoms with E-state index in [4.69, 9.17) is 0 Å². The molecule has 0 amide bonds. The smallest absolute Gasteiger partial charge is 0.123 e. The Labute approximate surface area is 175 Å². The van der Waals surface area contributed by atoms with Gasteiger partial charge in [-0.05, 0) is 43.1 Å². The molecule has 148 valence electrons. The summed E-state index contributed by atoms with van der Waals surface area (Å²) in [5, 5.41) is 10.8. The molecule has 0 bridgehead atoms. The van der Waals surface area contributed by atoms with Gasteiger partial charge in [-0.1, -0.05) is 53.7 Å². The summed E-state index contributed by atoms with van der Waals surface area (Å²) in [4.78, 5) is 4.45. The van der Waals surface area contributed by atoms with Crippen LogP contribution in [0.2, 0.25) is 0 Å². The summed E-state index contributed by atoms with van der Waals surface area (Å²) >= 11 is 0. The van der Waals surface area contributed by atoms with Crippen molar-refractivity contribution in [3.8, 4) is 5.75 Å². The van der Waals surface area contributed by atoms with Gasteiger partial charge in [0.1, 0.15) is 5.75 Å². The van der Waals surface area contributed by atoms with E-state index in [1.807, 2.05) is 0 Å². The zero-order valence-electron chi connectivity index (χ0n) is 19.0. The Hall–Kier alpha value is -0.437. The Morgan fingerprint density at radius 3 is 1.77 bits per heavy atom. The number of rotatable bonds is 5. The van der Waals surface area contributed by atoms with Crippen LogP contribution >= 0.6 is 0 Å². The van der Waals surface area contributed by atoms with E-state index in [0.29, 0.717) is 5.75 Å². The van der Waals surface area contributed by atoms with Crippen molar-refractivity contribution in [3.63, 3.8) is 0 Å². The maximum Gasteiger partial charge on any atom is 0.123 e. The van der Waals surface area contributed by atoms with Gasteiger partial charge >= 0.3 is 0 Å². The standard InChI is InChI=1S/C20H36N2O.C2H5.Zn/c1-19(2,3)16-12-15(14-22(9)11-10-21(7)8)18(23)17(13-16)20(4,5)6;1-2;/h12-13,23H,10-11,14H2,1-9H3;1H2,2H3;/q;-1;. The third-order valence-electron chi connectivity index (χ3n) is 4.23. The number of nitrogens with zero attached hydrogens (tertiary/aromatic N) is 2. The molecule has 4 heteroatoms. The number of hydrogen-bond acceptors (Lipinski definition) is 3. The van der Waals surface area contributed by atoms with E-state index in [2.05, 4.69) is 91.5 Å². The maximum atomic E-state index is 10.8. The van der Waals surface area contributed by atoms with Crippen molar-refractivity contribution in [2.24, 2.45) is 0 Å². The molecule has 1 N–H and O–H groups in total. The Morgan fingerprint density at radius 2 is 1.38 bits per heavy atom. The van der Waals surface area contributed by atoms with Crippen LogP contribution in [-0.4, -0.2) is 49.1 Å². The van der Waals surface area contributed by atoms with E-state index in [1.165, 1.54) is 5.56 Å². The van der Waals surface area contributed by atoms with Gasteiger partial charge in [0.25, 0.3) is 0 Å². The molecule has 0 heterocycles. The summed E-state index contributed by atoms with van der Waals surface area (Å²) in [6, 6.07) is 4.36. The van der Waals surface area contributed by atoms with Crippen molar-refractivity contribution in [1.82, 2.24) is 9.80 Å². The van der Waals surface area contributed by atoms with Gasteiger partial charge in [0, 0.05) is 44.7 Å². The van der Waals surface area contributed by atoms with E-state index in [9.17, 15) is 5.11 Å². The molecule has 1 aromatic rings. The van der Waals surface area contributed by atoms with Crippen LogP contribution in [0.15, 0.2) is 12.1 Å². The van der Waals surface area contributed by atoms with Crippen LogP contribution in [0.25, 0.3) is 0 Å². The van der Waals surface area contributed by atoms with Gasteiger partial charge in [-0.15, -0.1) is 0 Å². The molecule has 0 aliphatic rings. The molecule has 0 spiro atoms. The van der Waals surface area contributed by atoms with Gasteiger partial charge in [0.05, 0.1) is 0 Å². The van der Waals surface area contributed by atoms with Crippen molar-refractivity contribution >= 4 is 0 Å². The van der Waals surface area contributed by atoms with Crippen LogP contribution in [0.5, 0.6) is 5.75 Å². The summed E-state index contributed by atoms with van der Waals surface area (Å²) in [5.41, 5.74) is 3.37. The van der Waals surface area contributed by atoms with Crippen molar-refractivity contribution in [2.75, 3.05) is 34.2 Å². The molecule has 1 aromatic carbocycles. The summed E-state index contributed by atoms with van der Waals surface area (Å²) in [6.07, 6.45) is 0. The SMILES string of the molecule is CN(C)CCN(C)Cc1cc(C(C)(C)C)cc(C(C)(C)C)c1O.[CH2-]C.[Zn]. The molecule has 0 radical (unpaired) electrons. The molecular formula is C22H41N2OZn-. The van der Waals surface area contributed by atoms with E-state index in [-0.39, 0.29) is 30.3 Å². The predicted molar refractivity (Wildman–Crippen MR) is 111 cm³/mol. The minimum atomic E-state index is -0.0672. The first kappa shape index (κ1) is 27.8. The van der Waals surface area contributed by atoms with Gasteiger partial charge in [0.15, 0.2) is 0 Å². The molecular weight excluding hydrogens is 374 g/mol. The largest absolute Gasteiger partial charge is 0.507 e. The van der Waals surface area contributed by atoms with E-state index in [0.717, 1.165) is 30.8 Å². The molecule has 0 atom stereocenters. The van der Waals surface area contributed by atoms with Crippen LogP contribution in [0.3, 0.4) is 0 Å². The molecule has 0 saturated heterocycles. The Kier molecular flexibility index (Phi) is 12.2. The van der Waals surface area contributed by atoms with Gasteiger partial charge in [-0.25, -0.2) is 0 Å². The van der Waals surface area contributed by atoms with Crippen molar-refractivity contribution in [2.45, 2.75) is 65.8 Å². The van der Waals surface area contributed by atoms with Gasteiger partial charge in [0.2, 0.25) is 0 Å².